The first kappa shape index (κ1) is 18.3. The van der Waals surface area contributed by atoms with Crippen molar-refractivity contribution >= 4 is 29.5 Å². The number of nitrogens with two attached hydrogens (primary N) is 1. The zero-order valence-corrected chi connectivity index (χ0v) is 14.6. The molecule has 1 fully saturated rings. The van der Waals surface area contributed by atoms with Crippen LogP contribution in [0, 0.1) is 5.92 Å². The second-order valence-corrected chi connectivity index (χ2v) is 7.00. The minimum atomic E-state index is -0.612. The summed E-state index contributed by atoms with van der Waals surface area (Å²) in [5.41, 5.74) is 5.37. The summed E-state index contributed by atoms with van der Waals surface area (Å²) < 4.78 is 0. The van der Waals surface area contributed by atoms with Crippen molar-refractivity contribution in [2.75, 3.05) is 18.8 Å². The molecule has 1 aliphatic rings. The van der Waals surface area contributed by atoms with Crippen LogP contribution in [-0.2, 0) is 14.4 Å². The first-order valence-corrected chi connectivity index (χ1v) is 8.99. The number of rotatable bonds is 6. The Hall–Kier alpha value is -2.02. The summed E-state index contributed by atoms with van der Waals surface area (Å²) in [7, 11) is 0. The minimum Gasteiger partial charge on any atom is -0.369 e. The van der Waals surface area contributed by atoms with Gasteiger partial charge >= 0.3 is 0 Å². The van der Waals surface area contributed by atoms with E-state index in [1.807, 2.05) is 30.3 Å². The van der Waals surface area contributed by atoms with E-state index in [9.17, 15) is 14.4 Å². The molecule has 1 saturated heterocycles. The van der Waals surface area contributed by atoms with Gasteiger partial charge in [0.1, 0.15) is 6.04 Å². The van der Waals surface area contributed by atoms with E-state index in [2.05, 4.69) is 5.32 Å². The second kappa shape index (κ2) is 8.73. The molecular formula is C17H23N3O3S. The topological polar surface area (TPSA) is 92.5 Å². The number of hydrogen-bond acceptors (Lipinski definition) is 4. The van der Waals surface area contributed by atoms with E-state index in [-0.39, 0.29) is 23.6 Å². The number of thioether (sulfide) groups is 1. The molecule has 2 atom stereocenters. The summed E-state index contributed by atoms with van der Waals surface area (Å²) in [4.78, 5) is 38.3. The van der Waals surface area contributed by atoms with Crippen molar-refractivity contribution in [1.29, 1.82) is 0 Å². The highest BCUT2D eigenvalue weighted by Crippen LogP contribution is 2.21. The quantitative estimate of drug-likeness (QED) is 0.750. The molecule has 3 amide bonds. The van der Waals surface area contributed by atoms with E-state index < -0.39 is 6.04 Å². The Morgan fingerprint density at radius 2 is 2.04 bits per heavy atom. The van der Waals surface area contributed by atoms with Crippen LogP contribution in [0.1, 0.15) is 19.8 Å². The summed E-state index contributed by atoms with van der Waals surface area (Å²) >= 11 is 1.52. The van der Waals surface area contributed by atoms with Crippen LogP contribution in [0.5, 0.6) is 0 Å². The number of amides is 3. The maximum absolute atomic E-state index is 12.8. The average molecular weight is 349 g/mol. The zero-order valence-electron chi connectivity index (χ0n) is 13.7. The molecule has 130 valence electrons. The highest BCUT2D eigenvalue weighted by atomic mass is 32.2. The van der Waals surface area contributed by atoms with E-state index >= 15 is 0 Å². The van der Waals surface area contributed by atoms with Gasteiger partial charge in [-0.05, 0) is 25.0 Å². The van der Waals surface area contributed by atoms with Crippen LogP contribution in [-0.4, -0.2) is 47.5 Å². The number of hydrogen-bond donors (Lipinski definition) is 2. The molecule has 0 aromatic heterocycles. The van der Waals surface area contributed by atoms with Crippen molar-refractivity contribution in [3.05, 3.63) is 30.3 Å². The molecule has 1 aromatic rings. The van der Waals surface area contributed by atoms with Crippen LogP contribution >= 0.6 is 11.8 Å². The lowest BCUT2D eigenvalue weighted by Gasteiger charge is -2.33. The molecule has 1 aromatic carbocycles. The molecule has 0 radical (unpaired) electrons. The molecule has 0 spiro atoms. The summed E-state index contributed by atoms with van der Waals surface area (Å²) in [6, 6.07) is 9.10. The number of nitrogens with one attached hydrogen (secondary N) is 1. The Morgan fingerprint density at radius 3 is 2.67 bits per heavy atom. The molecule has 1 heterocycles. The average Bonchev–Trinajstić information content (AvgIpc) is 2.58. The van der Waals surface area contributed by atoms with Gasteiger partial charge in [-0.1, -0.05) is 18.2 Å². The fourth-order valence-electron chi connectivity index (χ4n) is 2.75. The highest BCUT2D eigenvalue weighted by Gasteiger charge is 2.31. The maximum Gasteiger partial charge on any atom is 0.246 e. The minimum absolute atomic E-state index is 0.153. The lowest BCUT2D eigenvalue weighted by atomic mass is 9.97. The van der Waals surface area contributed by atoms with Crippen LogP contribution in [0.2, 0.25) is 0 Å². The van der Waals surface area contributed by atoms with Gasteiger partial charge in [0.15, 0.2) is 0 Å². The molecule has 7 heteroatoms. The normalized spacial score (nSPS) is 18.7. The molecule has 0 aliphatic carbocycles. The van der Waals surface area contributed by atoms with Crippen molar-refractivity contribution in [3.8, 4) is 0 Å². The maximum atomic E-state index is 12.8. The smallest absolute Gasteiger partial charge is 0.246 e. The summed E-state index contributed by atoms with van der Waals surface area (Å²) in [5.74, 6) is -0.630. The molecule has 2 rings (SSSR count). The van der Waals surface area contributed by atoms with E-state index in [0.29, 0.717) is 25.3 Å². The fraction of sp³-hybridized carbons (Fsp3) is 0.471. The largest absolute Gasteiger partial charge is 0.369 e. The van der Waals surface area contributed by atoms with Gasteiger partial charge in [0, 0.05) is 30.7 Å². The van der Waals surface area contributed by atoms with Crippen LogP contribution in [0.4, 0.5) is 0 Å². The van der Waals surface area contributed by atoms with Gasteiger partial charge in [0.25, 0.3) is 0 Å². The third kappa shape index (κ3) is 5.26. The van der Waals surface area contributed by atoms with Crippen LogP contribution in [0.3, 0.4) is 0 Å². The molecule has 24 heavy (non-hydrogen) atoms. The van der Waals surface area contributed by atoms with Crippen molar-refractivity contribution < 1.29 is 14.4 Å². The lowest BCUT2D eigenvalue weighted by Crippen LogP contribution is -2.53. The lowest BCUT2D eigenvalue weighted by molar-refractivity contribution is -0.138. The fourth-order valence-corrected chi connectivity index (χ4v) is 3.68. The van der Waals surface area contributed by atoms with Crippen LogP contribution in [0.15, 0.2) is 35.2 Å². The number of benzene rings is 1. The summed E-state index contributed by atoms with van der Waals surface area (Å²) in [5, 5.41) is 2.72. The van der Waals surface area contributed by atoms with Crippen molar-refractivity contribution in [1.82, 2.24) is 10.2 Å². The zero-order chi connectivity index (χ0) is 17.5. The highest BCUT2D eigenvalue weighted by molar-refractivity contribution is 7.99. The predicted molar refractivity (Wildman–Crippen MR) is 93.3 cm³/mol. The number of nitrogens with zero attached hydrogens (tertiary/aromatic N) is 1. The van der Waals surface area contributed by atoms with Crippen molar-refractivity contribution in [3.63, 3.8) is 0 Å². The first-order valence-electron chi connectivity index (χ1n) is 8.00. The van der Waals surface area contributed by atoms with Gasteiger partial charge < -0.3 is 16.0 Å². The van der Waals surface area contributed by atoms with Crippen LogP contribution < -0.4 is 11.1 Å². The monoisotopic (exact) mass is 349 g/mol. The Kier molecular flexibility index (Phi) is 6.66. The van der Waals surface area contributed by atoms with Gasteiger partial charge in [-0.25, -0.2) is 0 Å². The molecule has 1 aliphatic heterocycles. The van der Waals surface area contributed by atoms with E-state index in [4.69, 9.17) is 5.73 Å². The number of primary amides is 1. The van der Waals surface area contributed by atoms with Crippen molar-refractivity contribution in [2.45, 2.75) is 30.7 Å². The third-order valence-corrected chi connectivity index (χ3v) is 5.08. The van der Waals surface area contributed by atoms with Gasteiger partial charge in [0.2, 0.25) is 17.7 Å². The van der Waals surface area contributed by atoms with E-state index in [1.54, 1.807) is 4.90 Å². The predicted octanol–water partition coefficient (Wildman–Crippen LogP) is 1.01. The molecule has 3 N–H and O–H groups in total. The molecular weight excluding hydrogens is 326 g/mol. The summed E-state index contributed by atoms with van der Waals surface area (Å²) in [6.45, 7) is 2.32. The van der Waals surface area contributed by atoms with Gasteiger partial charge in [0.05, 0.1) is 5.92 Å². The van der Waals surface area contributed by atoms with E-state index in [1.165, 1.54) is 18.7 Å². The number of likely N-dealkylation sites (tertiary alicyclic amines) is 1. The summed E-state index contributed by atoms with van der Waals surface area (Å²) in [6.07, 6.45) is 1.46. The standard InChI is InChI=1S/C17H23N3O3S/c1-12(21)19-15(11-24-14-7-3-2-4-8-14)17(23)20-9-5-6-13(10-20)16(18)22/h2-4,7-8,13,15H,5-6,9-11H2,1H3,(H2,18,22)(H,19,21). The number of carbonyl (C=O) groups excluding carboxylic acids is 3. The van der Waals surface area contributed by atoms with Gasteiger partial charge in [-0.15, -0.1) is 11.8 Å². The Balaban J connectivity index is 2.01. The van der Waals surface area contributed by atoms with Gasteiger partial charge in [-0.2, -0.15) is 0 Å². The molecule has 2 unspecified atom stereocenters. The Morgan fingerprint density at radius 1 is 1.33 bits per heavy atom. The molecule has 0 bridgehead atoms. The number of carbonyl (C=O) groups is 3. The number of piperidine rings is 1. The molecule has 6 nitrogen and oxygen atoms in total. The van der Waals surface area contributed by atoms with E-state index in [0.717, 1.165) is 11.3 Å². The van der Waals surface area contributed by atoms with Crippen LogP contribution in [0.25, 0.3) is 0 Å². The Bertz CT molecular complexity index is 594. The molecule has 0 saturated carbocycles. The third-order valence-electron chi connectivity index (χ3n) is 3.97. The first-order chi connectivity index (χ1) is 11.5. The van der Waals surface area contributed by atoms with Gasteiger partial charge in [-0.3, -0.25) is 14.4 Å². The SMILES string of the molecule is CC(=O)NC(CSc1ccccc1)C(=O)N1CCCC(C(N)=O)C1. The van der Waals surface area contributed by atoms with Crippen molar-refractivity contribution in [2.24, 2.45) is 11.7 Å². The second-order valence-electron chi connectivity index (χ2n) is 5.90. The Labute approximate surface area is 146 Å².